The third-order valence-corrected chi connectivity index (χ3v) is 4.89. The van der Waals surface area contributed by atoms with Crippen LogP contribution >= 0.6 is 0 Å². The van der Waals surface area contributed by atoms with Crippen molar-refractivity contribution in [3.05, 3.63) is 51.4 Å². The van der Waals surface area contributed by atoms with Crippen molar-refractivity contribution in [1.29, 1.82) is 0 Å². The van der Waals surface area contributed by atoms with E-state index in [2.05, 4.69) is 19.9 Å². The molecule has 1 N–H and O–H groups in total. The molecule has 2 aromatic heterocycles. The van der Waals surface area contributed by atoms with E-state index < -0.39 is 5.69 Å². The molecule has 0 unspecified atom stereocenters. The Bertz CT molecular complexity index is 1070. The number of H-pyrrole nitrogens is 1. The fraction of sp³-hybridized carbons (Fsp3) is 0.333. The lowest BCUT2D eigenvalue weighted by molar-refractivity contribution is 0.402. The number of hydrogen-bond donors (Lipinski definition) is 1. The standard InChI is InChI=1S/C18H20N6O3/c1-22-16(25)10-15(21-18(22)26)24-7-5-23(6-8-24)12-3-4-14-13(9-12)17(27-2)20-11-19-14/h3-4,9-11H,5-8H2,1-2H3,(H,21,26). The fourth-order valence-electron chi connectivity index (χ4n) is 3.30. The molecule has 0 aliphatic carbocycles. The van der Waals surface area contributed by atoms with Crippen molar-refractivity contribution in [3.63, 3.8) is 0 Å². The Kier molecular flexibility index (Phi) is 4.27. The largest absolute Gasteiger partial charge is 0.480 e. The number of aromatic amines is 1. The summed E-state index contributed by atoms with van der Waals surface area (Å²) in [6.45, 7) is 2.92. The Morgan fingerprint density at radius 1 is 1.04 bits per heavy atom. The average molecular weight is 368 g/mol. The van der Waals surface area contributed by atoms with Gasteiger partial charge >= 0.3 is 5.69 Å². The Morgan fingerprint density at radius 2 is 1.78 bits per heavy atom. The molecule has 27 heavy (non-hydrogen) atoms. The molecule has 9 heteroatoms. The summed E-state index contributed by atoms with van der Waals surface area (Å²) < 4.78 is 6.39. The van der Waals surface area contributed by atoms with Gasteiger partial charge in [-0.25, -0.2) is 14.8 Å². The van der Waals surface area contributed by atoms with Crippen molar-refractivity contribution in [3.8, 4) is 5.88 Å². The summed E-state index contributed by atoms with van der Waals surface area (Å²) in [5.41, 5.74) is 1.19. The van der Waals surface area contributed by atoms with Gasteiger partial charge in [-0.1, -0.05) is 0 Å². The van der Waals surface area contributed by atoms with E-state index in [0.717, 1.165) is 34.2 Å². The number of hydrogen-bond acceptors (Lipinski definition) is 7. The molecule has 1 fully saturated rings. The van der Waals surface area contributed by atoms with Gasteiger partial charge in [0.05, 0.1) is 18.0 Å². The zero-order chi connectivity index (χ0) is 19.0. The van der Waals surface area contributed by atoms with Crippen LogP contribution < -0.4 is 25.8 Å². The number of nitrogens with zero attached hydrogens (tertiary/aromatic N) is 5. The molecule has 0 spiro atoms. The first kappa shape index (κ1) is 17.1. The smallest absolute Gasteiger partial charge is 0.329 e. The molecule has 3 aromatic rings. The molecule has 140 valence electrons. The summed E-state index contributed by atoms with van der Waals surface area (Å²) in [4.78, 5) is 39.1. The highest BCUT2D eigenvalue weighted by atomic mass is 16.5. The highest BCUT2D eigenvalue weighted by molar-refractivity contribution is 5.86. The van der Waals surface area contributed by atoms with Crippen molar-refractivity contribution in [2.45, 2.75) is 0 Å². The molecular formula is C18H20N6O3. The van der Waals surface area contributed by atoms with E-state index in [9.17, 15) is 9.59 Å². The van der Waals surface area contributed by atoms with E-state index in [4.69, 9.17) is 4.74 Å². The minimum Gasteiger partial charge on any atom is -0.480 e. The molecule has 1 aromatic carbocycles. The quantitative estimate of drug-likeness (QED) is 0.713. The van der Waals surface area contributed by atoms with Crippen LogP contribution in [0.2, 0.25) is 0 Å². The van der Waals surface area contributed by atoms with E-state index in [1.54, 1.807) is 7.11 Å². The van der Waals surface area contributed by atoms with Gasteiger partial charge in [0, 0.05) is 45.0 Å². The zero-order valence-electron chi connectivity index (χ0n) is 15.2. The van der Waals surface area contributed by atoms with Crippen molar-refractivity contribution in [2.24, 2.45) is 7.05 Å². The van der Waals surface area contributed by atoms with Crippen LogP contribution in [-0.4, -0.2) is 52.8 Å². The van der Waals surface area contributed by atoms with E-state index in [-0.39, 0.29) is 5.56 Å². The van der Waals surface area contributed by atoms with Gasteiger partial charge in [0.1, 0.15) is 12.1 Å². The van der Waals surface area contributed by atoms with Crippen LogP contribution in [0.5, 0.6) is 5.88 Å². The van der Waals surface area contributed by atoms with Crippen LogP contribution in [0.1, 0.15) is 0 Å². The third-order valence-electron chi connectivity index (χ3n) is 4.89. The fourth-order valence-corrected chi connectivity index (χ4v) is 3.30. The molecule has 0 radical (unpaired) electrons. The molecule has 0 atom stereocenters. The molecular weight excluding hydrogens is 348 g/mol. The SMILES string of the molecule is COc1ncnc2ccc(N3CCN(c4cc(=O)n(C)c(=O)[nH]4)CC3)cc12. The second-order valence-electron chi connectivity index (χ2n) is 6.42. The summed E-state index contributed by atoms with van der Waals surface area (Å²) in [6.07, 6.45) is 1.49. The lowest BCUT2D eigenvalue weighted by atomic mass is 10.2. The monoisotopic (exact) mass is 368 g/mol. The van der Waals surface area contributed by atoms with E-state index in [1.165, 1.54) is 19.4 Å². The Balaban J connectivity index is 1.55. The molecule has 1 saturated heterocycles. The van der Waals surface area contributed by atoms with Gasteiger partial charge in [-0.05, 0) is 18.2 Å². The number of ether oxygens (including phenoxy) is 1. The number of nitrogens with one attached hydrogen (secondary N) is 1. The average Bonchev–Trinajstić information content (AvgIpc) is 2.71. The zero-order valence-corrected chi connectivity index (χ0v) is 15.2. The molecule has 1 aliphatic rings. The minimum absolute atomic E-state index is 0.308. The minimum atomic E-state index is -0.401. The summed E-state index contributed by atoms with van der Waals surface area (Å²) in [7, 11) is 3.05. The van der Waals surface area contributed by atoms with Gasteiger partial charge < -0.3 is 14.5 Å². The lowest BCUT2D eigenvalue weighted by Crippen LogP contribution is -2.48. The molecule has 0 saturated carbocycles. The Morgan fingerprint density at radius 3 is 2.48 bits per heavy atom. The second-order valence-corrected chi connectivity index (χ2v) is 6.42. The van der Waals surface area contributed by atoms with Gasteiger partial charge in [-0.2, -0.15) is 0 Å². The first-order chi connectivity index (χ1) is 13.1. The normalized spacial score (nSPS) is 14.6. The molecule has 1 aliphatic heterocycles. The number of rotatable bonds is 3. The van der Waals surface area contributed by atoms with Crippen LogP contribution in [0.25, 0.3) is 10.9 Å². The molecule has 9 nitrogen and oxygen atoms in total. The number of piperazine rings is 1. The Labute approximate surface area is 154 Å². The van der Waals surface area contributed by atoms with Crippen LogP contribution in [0.15, 0.2) is 40.2 Å². The summed E-state index contributed by atoms with van der Waals surface area (Å²) in [5.74, 6) is 1.12. The second kappa shape index (κ2) is 6.75. The van der Waals surface area contributed by atoms with Gasteiger partial charge in [-0.3, -0.25) is 14.3 Å². The predicted octanol–water partition coefficient (Wildman–Crippen LogP) is 0.352. The number of benzene rings is 1. The first-order valence-electron chi connectivity index (χ1n) is 8.66. The van der Waals surface area contributed by atoms with Crippen molar-refractivity contribution >= 4 is 22.4 Å². The highest BCUT2D eigenvalue weighted by Gasteiger charge is 2.19. The van der Waals surface area contributed by atoms with Crippen LogP contribution in [0.3, 0.4) is 0 Å². The van der Waals surface area contributed by atoms with Gasteiger partial charge in [-0.15, -0.1) is 0 Å². The van der Waals surface area contributed by atoms with Crippen molar-refractivity contribution in [1.82, 2.24) is 19.5 Å². The van der Waals surface area contributed by atoms with Gasteiger partial charge in [0.15, 0.2) is 0 Å². The summed E-state index contributed by atoms with van der Waals surface area (Å²) in [5, 5.41) is 0.871. The molecule has 0 bridgehead atoms. The maximum Gasteiger partial charge on any atom is 0.329 e. The topological polar surface area (TPSA) is 96.3 Å². The van der Waals surface area contributed by atoms with Gasteiger partial charge in [0.2, 0.25) is 5.88 Å². The van der Waals surface area contributed by atoms with Crippen LogP contribution in [0, 0.1) is 0 Å². The van der Waals surface area contributed by atoms with Crippen molar-refractivity contribution in [2.75, 3.05) is 43.1 Å². The van der Waals surface area contributed by atoms with E-state index in [1.807, 2.05) is 23.1 Å². The van der Waals surface area contributed by atoms with E-state index >= 15 is 0 Å². The summed E-state index contributed by atoms with van der Waals surface area (Å²) in [6, 6.07) is 7.49. The Hall–Kier alpha value is -3.36. The van der Waals surface area contributed by atoms with Gasteiger partial charge in [0.25, 0.3) is 5.56 Å². The van der Waals surface area contributed by atoms with Crippen LogP contribution in [0.4, 0.5) is 11.5 Å². The van der Waals surface area contributed by atoms with Crippen molar-refractivity contribution < 1.29 is 4.74 Å². The molecule has 4 rings (SSSR count). The number of methoxy groups -OCH3 is 1. The van der Waals surface area contributed by atoms with E-state index in [0.29, 0.717) is 24.8 Å². The summed E-state index contributed by atoms with van der Waals surface area (Å²) >= 11 is 0. The lowest BCUT2D eigenvalue weighted by Gasteiger charge is -2.37. The molecule has 0 amide bonds. The number of aromatic nitrogens is 4. The number of fused-ring (bicyclic) bond motifs is 1. The number of anilines is 2. The third kappa shape index (κ3) is 3.12. The predicted molar refractivity (Wildman–Crippen MR) is 103 cm³/mol. The van der Waals surface area contributed by atoms with Crippen LogP contribution in [-0.2, 0) is 7.05 Å². The maximum absolute atomic E-state index is 11.9. The molecule has 3 heterocycles. The maximum atomic E-state index is 11.9. The first-order valence-corrected chi connectivity index (χ1v) is 8.66. The highest BCUT2D eigenvalue weighted by Crippen LogP contribution is 2.27.